The van der Waals surface area contributed by atoms with Gasteiger partial charge in [-0.05, 0) is 30.9 Å². The summed E-state index contributed by atoms with van der Waals surface area (Å²) in [6.45, 7) is 4.00. The van der Waals surface area contributed by atoms with Crippen molar-refractivity contribution >= 4 is 17.6 Å². The van der Waals surface area contributed by atoms with E-state index in [0.29, 0.717) is 5.56 Å². The first-order valence-corrected chi connectivity index (χ1v) is 5.87. The molecule has 3 nitrogen and oxygen atoms in total. The van der Waals surface area contributed by atoms with Gasteiger partial charge < -0.3 is 4.74 Å². The Morgan fingerprint density at radius 3 is 2.75 bits per heavy atom. The highest BCUT2D eigenvalue weighted by molar-refractivity contribution is 6.32. The molecule has 1 aliphatic rings. The largest absolute Gasteiger partial charge is 0.465 e. The molecule has 0 aromatic carbocycles. The third kappa shape index (κ3) is 2.53. The number of halogens is 1. The maximum absolute atomic E-state index is 11.3. The van der Waals surface area contributed by atoms with E-state index in [1.807, 2.05) is 13.8 Å². The van der Waals surface area contributed by atoms with Crippen LogP contribution in [0.3, 0.4) is 0 Å². The highest BCUT2D eigenvalue weighted by Crippen LogP contribution is 2.25. The van der Waals surface area contributed by atoms with Gasteiger partial charge in [0.15, 0.2) is 0 Å². The number of nitrogens with zero attached hydrogens (tertiary/aromatic N) is 1. The van der Waals surface area contributed by atoms with Crippen LogP contribution < -0.4 is 0 Å². The van der Waals surface area contributed by atoms with Crippen LogP contribution in [-0.4, -0.2) is 18.1 Å². The lowest BCUT2D eigenvalue weighted by atomic mass is 10.1. The highest BCUT2D eigenvalue weighted by atomic mass is 35.5. The Morgan fingerprint density at radius 2 is 2.12 bits per heavy atom. The van der Waals surface area contributed by atoms with Crippen LogP contribution in [0.5, 0.6) is 0 Å². The zero-order valence-corrected chi connectivity index (χ0v) is 10.6. The minimum atomic E-state index is -0.419. The predicted octanol–water partition coefficient (Wildman–Crippen LogP) is 3.04. The van der Waals surface area contributed by atoms with Gasteiger partial charge in [-0.25, -0.2) is 9.78 Å². The van der Waals surface area contributed by atoms with Crippen molar-refractivity contribution in [3.8, 4) is 0 Å². The number of methoxy groups -OCH3 is 1. The summed E-state index contributed by atoms with van der Waals surface area (Å²) in [6.07, 6.45) is 3.02. The second-order valence-corrected chi connectivity index (χ2v) is 3.64. The van der Waals surface area contributed by atoms with Gasteiger partial charge in [-0.1, -0.05) is 25.4 Å². The lowest BCUT2D eigenvalue weighted by molar-refractivity contribution is 0.0600. The molecule has 0 unspecified atom stereocenters. The molecular weight excluding hydrogens is 226 g/mol. The summed E-state index contributed by atoms with van der Waals surface area (Å²) in [5.74, 6) is -0.419. The summed E-state index contributed by atoms with van der Waals surface area (Å²) in [7, 11) is 1.34. The fourth-order valence-corrected chi connectivity index (χ4v) is 1.93. The number of hydrogen-bond donors (Lipinski definition) is 0. The van der Waals surface area contributed by atoms with Crippen molar-refractivity contribution in [3.05, 3.63) is 28.0 Å². The van der Waals surface area contributed by atoms with Crippen molar-refractivity contribution in [2.45, 2.75) is 33.1 Å². The molecule has 0 bridgehead atoms. The summed E-state index contributed by atoms with van der Waals surface area (Å²) in [5.41, 5.74) is 2.51. The van der Waals surface area contributed by atoms with Crippen LogP contribution in [0, 0.1) is 0 Å². The molecule has 0 aliphatic heterocycles. The summed E-state index contributed by atoms with van der Waals surface area (Å²) in [6, 6.07) is 1.80. The van der Waals surface area contributed by atoms with Crippen LogP contribution in [0.1, 0.15) is 41.9 Å². The zero-order chi connectivity index (χ0) is 12.1. The van der Waals surface area contributed by atoms with Crippen LogP contribution in [0.4, 0.5) is 0 Å². The summed E-state index contributed by atoms with van der Waals surface area (Å²) in [5, 5.41) is 0.248. The van der Waals surface area contributed by atoms with E-state index >= 15 is 0 Å². The first-order chi connectivity index (χ1) is 7.72. The van der Waals surface area contributed by atoms with Crippen LogP contribution in [-0.2, 0) is 17.6 Å². The minimum Gasteiger partial charge on any atom is -0.465 e. The van der Waals surface area contributed by atoms with Crippen molar-refractivity contribution in [2.75, 3.05) is 7.11 Å². The number of carbonyl (C=O) groups excluding carboxylic acids is 1. The Labute approximate surface area is 101 Å². The second-order valence-electron chi connectivity index (χ2n) is 3.28. The summed E-state index contributed by atoms with van der Waals surface area (Å²) >= 11 is 5.87. The molecule has 1 aromatic rings. The van der Waals surface area contributed by atoms with Gasteiger partial charge in [0.25, 0.3) is 0 Å². The Morgan fingerprint density at radius 1 is 1.44 bits per heavy atom. The van der Waals surface area contributed by atoms with Gasteiger partial charge in [-0.2, -0.15) is 0 Å². The van der Waals surface area contributed by atoms with Gasteiger partial charge in [-0.3, -0.25) is 0 Å². The van der Waals surface area contributed by atoms with E-state index in [1.54, 1.807) is 6.07 Å². The average molecular weight is 242 g/mol. The number of aromatic nitrogens is 1. The molecule has 0 amide bonds. The Hall–Kier alpha value is -1.09. The topological polar surface area (TPSA) is 39.2 Å². The SMILES string of the molecule is CC.COC(=O)c1cc2c(nc1Cl)CCC2. The van der Waals surface area contributed by atoms with E-state index in [1.165, 1.54) is 7.11 Å². The van der Waals surface area contributed by atoms with E-state index in [0.717, 1.165) is 30.5 Å². The Bertz CT molecular complexity index is 391. The maximum atomic E-state index is 11.3. The molecule has 1 heterocycles. The minimum absolute atomic E-state index is 0.248. The number of fused-ring (bicyclic) bond motifs is 1. The van der Waals surface area contributed by atoms with Crippen molar-refractivity contribution in [1.82, 2.24) is 4.98 Å². The molecular formula is C12H16ClNO2. The number of esters is 1. The molecule has 0 fully saturated rings. The predicted molar refractivity (Wildman–Crippen MR) is 64.0 cm³/mol. The molecule has 0 N–H and O–H groups in total. The fraction of sp³-hybridized carbons (Fsp3) is 0.500. The molecule has 0 saturated carbocycles. The number of carbonyl (C=O) groups is 1. The average Bonchev–Trinajstić information content (AvgIpc) is 2.76. The molecule has 0 spiro atoms. The number of aryl methyl sites for hydroxylation is 2. The first kappa shape index (κ1) is 13.0. The summed E-state index contributed by atoms with van der Waals surface area (Å²) < 4.78 is 4.61. The first-order valence-electron chi connectivity index (χ1n) is 5.49. The molecule has 0 saturated heterocycles. The molecule has 2 rings (SSSR count). The molecule has 1 aliphatic carbocycles. The van der Waals surface area contributed by atoms with Crippen LogP contribution in [0.25, 0.3) is 0 Å². The molecule has 0 radical (unpaired) electrons. The van der Waals surface area contributed by atoms with Gasteiger partial charge in [0.1, 0.15) is 5.15 Å². The molecule has 16 heavy (non-hydrogen) atoms. The van der Waals surface area contributed by atoms with E-state index < -0.39 is 5.97 Å². The van der Waals surface area contributed by atoms with Gasteiger partial charge in [0, 0.05) is 5.69 Å². The number of rotatable bonds is 1. The van der Waals surface area contributed by atoms with E-state index in [2.05, 4.69) is 9.72 Å². The van der Waals surface area contributed by atoms with Gasteiger partial charge >= 0.3 is 5.97 Å². The van der Waals surface area contributed by atoms with Crippen molar-refractivity contribution in [2.24, 2.45) is 0 Å². The van der Waals surface area contributed by atoms with Crippen LogP contribution in [0.2, 0.25) is 5.15 Å². The number of pyridine rings is 1. The third-order valence-electron chi connectivity index (χ3n) is 2.41. The van der Waals surface area contributed by atoms with Crippen molar-refractivity contribution in [3.63, 3.8) is 0 Å². The highest BCUT2D eigenvalue weighted by Gasteiger charge is 2.19. The third-order valence-corrected chi connectivity index (χ3v) is 2.70. The maximum Gasteiger partial charge on any atom is 0.341 e. The van der Waals surface area contributed by atoms with Gasteiger partial charge in [0.05, 0.1) is 12.7 Å². The van der Waals surface area contributed by atoms with E-state index in [4.69, 9.17) is 11.6 Å². The van der Waals surface area contributed by atoms with Gasteiger partial charge in [0.2, 0.25) is 0 Å². The Kier molecular flexibility index (Phi) is 4.74. The fourth-order valence-electron chi connectivity index (χ4n) is 1.70. The number of hydrogen-bond acceptors (Lipinski definition) is 3. The monoisotopic (exact) mass is 241 g/mol. The molecule has 88 valence electrons. The molecule has 0 atom stereocenters. The molecule has 4 heteroatoms. The van der Waals surface area contributed by atoms with Crippen molar-refractivity contribution < 1.29 is 9.53 Å². The van der Waals surface area contributed by atoms with E-state index in [9.17, 15) is 4.79 Å². The van der Waals surface area contributed by atoms with Gasteiger partial charge in [-0.15, -0.1) is 0 Å². The standard InChI is InChI=1S/C10H10ClNO2.C2H6/c1-14-10(13)7-5-6-3-2-4-8(6)12-9(7)11;1-2/h5H,2-4H2,1H3;1-2H3. The van der Waals surface area contributed by atoms with E-state index in [-0.39, 0.29) is 5.15 Å². The second kappa shape index (κ2) is 5.85. The van der Waals surface area contributed by atoms with Crippen molar-refractivity contribution in [1.29, 1.82) is 0 Å². The van der Waals surface area contributed by atoms with Crippen LogP contribution >= 0.6 is 11.6 Å². The smallest absolute Gasteiger partial charge is 0.341 e. The number of ether oxygens (including phenoxy) is 1. The quantitative estimate of drug-likeness (QED) is 0.560. The molecule has 1 aromatic heterocycles. The Balaban J connectivity index is 0.000000606. The normalized spacial score (nSPS) is 12.5. The van der Waals surface area contributed by atoms with Crippen LogP contribution in [0.15, 0.2) is 6.07 Å². The summed E-state index contributed by atoms with van der Waals surface area (Å²) in [4.78, 5) is 15.5. The zero-order valence-electron chi connectivity index (χ0n) is 9.84. The lowest BCUT2D eigenvalue weighted by Gasteiger charge is -2.04. The lowest BCUT2D eigenvalue weighted by Crippen LogP contribution is -2.05.